The van der Waals surface area contributed by atoms with Gasteiger partial charge in [-0.15, -0.1) is 0 Å². The first-order chi connectivity index (χ1) is 17.2. The fourth-order valence-corrected chi connectivity index (χ4v) is 3.94. The Bertz CT molecular complexity index is 1050. The quantitative estimate of drug-likeness (QED) is 0.252. The normalized spacial score (nSPS) is 11.8. The number of amides is 2. The lowest BCUT2D eigenvalue weighted by molar-refractivity contribution is -0.129. The maximum Gasteiger partial charge on any atom is 0.243 e. The van der Waals surface area contributed by atoms with E-state index in [1.165, 1.54) is 16.3 Å². The lowest BCUT2D eigenvalue weighted by Crippen LogP contribution is -2.49. The molecule has 0 heterocycles. The first-order valence-corrected chi connectivity index (χ1v) is 12.2. The molecule has 0 spiro atoms. The molecule has 3 aromatic carbocycles. The largest absolute Gasteiger partial charge is 0.378 e. The van der Waals surface area contributed by atoms with Crippen LogP contribution in [0.5, 0.6) is 0 Å². The summed E-state index contributed by atoms with van der Waals surface area (Å²) in [5.74, 6) is -0.374. The summed E-state index contributed by atoms with van der Waals surface area (Å²) < 4.78 is 5.31. The molecule has 0 aromatic heterocycles. The van der Waals surface area contributed by atoms with Crippen molar-refractivity contribution in [1.82, 2.24) is 16.0 Å². The highest BCUT2D eigenvalue weighted by atomic mass is 16.5. The van der Waals surface area contributed by atoms with Gasteiger partial charge in [0.05, 0.1) is 13.2 Å². The molecule has 186 valence electrons. The molecule has 7 nitrogen and oxygen atoms in total. The van der Waals surface area contributed by atoms with Crippen LogP contribution in [-0.2, 0) is 27.2 Å². The van der Waals surface area contributed by atoms with Crippen LogP contribution in [0.2, 0.25) is 0 Å². The third-order valence-electron chi connectivity index (χ3n) is 5.72. The number of benzene rings is 3. The Balaban J connectivity index is 1.44. The smallest absolute Gasteiger partial charge is 0.243 e. The zero-order valence-electron chi connectivity index (χ0n) is 20.2. The van der Waals surface area contributed by atoms with Gasteiger partial charge in [0.1, 0.15) is 6.04 Å². The van der Waals surface area contributed by atoms with E-state index in [0.717, 1.165) is 18.5 Å². The van der Waals surface area contributed by atoms with E-state index >= 15 is 0 Å². The standard InChI is InChI=1S/C28H36N4O3/c29-15-19-35-20-18-31-28(34)26(21-22-7-2-1-3-8-22)32-27(33)14-17-30-16-13-24-11-6-10-23-9-4-5-12-25(23)24/h1-12,26,30H,13-21,29H2,(H,31,34)(H,32,33)/t26-/m0/s1. The molecule has 5 N–H and O–H groups in total. The second kappa shape index (κ2) is 14.9. The van der Waals surface area contributed by atoms with Crippen molar-refractivity contribution in [2.45, 2.75) is 25.3 Å². The van der Waals surface area contributed by atoms with E-state index in [4.69, 9.17) is 10.5 Å². The van der Waals surface area contributed by atoms with Crippen molar-refractivity contribution < 1.29 is 14.3 Å². The van der Waals surface area contributed by atoms with Crippen LogP contribution in [-0.4, -0.2) is 57.2 Å². The Kier molecular flexibility index (Phi) is 11.2. The summed E-state index contributed by atoms with van der Waals surface area (Å²) >= 11 is 0. The number of fused-ring (bicyclic) bond motifs is 1. The molecule has 3 rings (SSSR count). The molecule has 0 aliphatic heterocycles. The van der Waals surface area contributed by atoms with Crippen molar-refractivity contribution in [3.63, 3.8) is 0 Å². The number of hydrogen-bond acceptors (Lipinski definition) is 5. The van der Waals surface area contributed by atoms with Gasteiger partial charge in [0.2, 0.25) is 11.8 Å². The third-order valence-corrected chi connectivity index (χ3v) is 5.72. The van der Waals surface area contributed by atoms with Gasteiger partial charge in [-0.2, -0.15) is 0 Å². The molecule has 0 unspecified atom stereocenters. The lowest BCUT2D eigenvalue weighted by atomic mass is 10.0. The van der Waals surface area contributed by atoms with Crippen molar-refractivity contribution >= 4 is 22.6 Å². The van der Waals surface area contributed by atoms with Crippen molar-refractivity contribution in [2.75, 3.05) is 39.4 Å². The van der Waals surface area contributed by atoms with E-state index in [1.54, 1.807) is 0 Å². The maximum absolute atomic E-state index is 12.7. The molecule has 7 heteroatoms. The van der Waals surface area contributed by atoms with E-state index in [9.17, 15) is 9.59 Å². The van der Waals surface area contributed by atoms with Gasteiger partial charge in [-0.3, -0.25) is 9.59 Å². The number of nitrogens with two attached hydrogens (primary N) is 1. The second-order valence-corrected chi connectivity index (χ2v) is 8.39. The predicted octanol–water partition coefficient (Wildman–Crippen LogP) is 2.18. The number of rotatable bonds is 15. The van der Waals surface area contributed by atoms with Crippen LogP contribution in [0.4, 0.5) is 0 Å². The minimum atomic E-state index is -0.643. The highest BCUT2D eigenvalue weighted by Gasteiger charge is 2.20. The van der Waals surface area contributed by atoms with Crippen molar-refractivity contribution in [3.8, 4) is 0 Å². The summed E-state index contributed by atoms with van der Waals surface area (Å²) in [6, 6.07) is 23.7. The highest BCUT2D eigenvalue weighted by Crippen LogP contribution is 2.18. The van der Waals surface area contributed by atoms with Gasteiger partial charge in [0.25, 0.3) is 0 Å². The number of nitrogens with one attached hydrogen (secondary N) is 3. The van der Waals surface area contributed by atoms with E-state index in [0.29, 0.717) is 45.7 Å². The summed E-state index contributed by atoms with van der Waals surface area (Å²) in [5, 5.41) is 11.6. The molecule has 0 saturated carbocycles. The summed E-state index contributed by atoms with van der Waals surface area (Å²) in [4.78, 5) is 25.3. The van der Waals surface area contributed by atoms with Gasteiger partial charge in [-0.25, -0.2) is 0 Å². The average Bonchev–Trinajstić information content (AvgIpc) is 2.88. The minimum absolute atomic E-state index is 0.155. The summed E-state index contributed by atoms with van der Waals surface area (Å²) in [6.45, 7) is 2.97. The van der Waals surface area contributed by atoms with Crippen molar-refractivity contribution in [1.29, 1.82) is 0 Å². The van der Waals surface area contributed by atoms with Crippen molar-refractivity contribution in [3.05, 3.63) is 83.9 Å². The molecular formula is C28H36N4O3. The Morgan fingerprint density at radius 2 is 1.63 bits per heavy atom. The van der Waals surface area contributed by atoms with Crippen LogP contribution in [0.3, 0.4) is 0 Å². The van der Waals surface area contributed by atoms with Crippen LogP contribution in [0.25, 0.3) is 10.8 Å². The third kappa shape index (κ3) is 9.13. The average molecular weight is 477 g/mol. The van der Waals surface area contributed by atoms with Gasteiger partial charge >= 0.3 is 0 Å². The molecule has 3 aromatic rings. The molecule has 2 amide bonds. The van der Waals surface area contributed by atoms with Gasteiger partial charge in [0, 0.05) is 32.5 Å². The van der Waals surface area contributed by atoms with Crippen LogP contribution in [0.15, 0.2) is 72.8 Å². The number of carbonyl (C=O) groups excluding carboxylic acids is 2. The van der Waals surface area contributed by atoms with Gasteiger partial charge in [-0.05, 0) is 34.9 Å². The molecule has 0 radical (unpaired) electrons. The summed E-state index contributed by atoms with van der Waals surface area (Å²) in [6.07, 6.45) is 1.61. The zero-order chi connectivity index (χ0) is 24.7. The highest BCUT2D eigenvalue weighted by molar-refractivity contribution is 5.88. The minimum Gasteiger partial charge on any atom is -0.378 e. The topological polar surface area (TPSA) is 105 Å². The molecule has 1 atom stereocenters. The van der Waals surface area contributed by atoms with Crippen molar-refractivity contribution in [2.24, 2.45) is 5.73 Å². The SMILES string of the molecule is NCCOCCNC(=O)[C@H](Cc1ccccc1)NC(=O)CCNCCc1cccc2ccccc12. The first kappa shape index (κ1) is 26.3. The van der Waals surface area contributed by atoms with E-state index in [2.05, 4.69) is 52.3 Å². The Morgan fingerprint density at radius 1 is 0.857 bits per heavy atom. The summed E-state index contributed by atoms with van der Waals surface area (Å²) in [7, 11) is 0. The number of ether oxygens (including phenoxy) is 1. The van der Waals surface area contributed by atoms with E-state index in [1.807, 2.05) is 36.4 Å². The van der Waals surface area contributed by atoms with Gasteiger partial charge in [0.15, 0.2) is 0 Å². The molecular weight excluding hydrogens is 440 g/mol. The van der Waals surface area contributed by atoms with E-state index < -0.39 is 6.04 Å². The van der Waals surface area contributed by atoms with Crippen LogP contribution in [0.1, 0.15) is 17.5 Å². The molecule has 0 saturated heterocycles. The van der Waals surface area contributed by atoms with Gasteiger partial charge in [-0.1, -0.05) is 72.8 Å². The predicted molar refractivity (Wildman–Crippen MR) is 140 cm³/mol. The Hall–Kier alpha value is -3.26. The van der Waals surface area contributed by atoms with Crippen LogP contribution in [0, 0.1) is 0 Å². The molecule has 0 fully saturated rings. The lowest BCUT2D eigenvalue weighted by Gasteiger charge is -2.19. The number of carbonyl (C=O) groups is 2. The van der Waals surface area contributed by atoms with E-state index in [-0.39, 0.29) is 11.8 Å². The fraction of sp³-hybridized carbons (Fsp3) is 0.357. The molecule has 0 aliphatic carbocycles. The first-order valence-electron chi connectivity index (χ1n) is 12.2. The summed E-state index contributed by atoms with van der Waals surface area (Å²) in [5.41, 5.74) is 7.68. The monoisotopic (exact) mass is 476 g/mol. The fourth-order valence-electron chi connectivity index (χ4n) is 3.94. The van der Waals surface area contributed by atoms with Crippen LogP contribution >= 0.6 is 0 Å². The maximum atomic E-state index is 12.7. The van der Waals surface area contributed by atoms with Gasteiger partial charge < -0.3 is 26.4 Å². The number of hydrogen-bond donors (Lipinski definition) is 4. The van der Waals surface area contributed by atoms with Crippen LogP contribution < -0.4 is 21.7 Å². The Morgan fingerprint density at radius 3 is 2.46 bits per heavy atom. The molecule has 0 bridgehead atoms. The zero-order valence-corrected chi connectivity index (χ0v) is 20.2. The molecule has 35 heavy (non-hydrogen) atoms. The molecule has 0 aliphatic rings. The Labute approximate surface area is 207 Å². The second-order valence-electron chi connectivity index (χ2n) is 8.39.